The maximum absolute atomic E-state index is 12.6. The molecule has 0 fully saturated rings. The van der Waals surface area contributed by atoms with Gasteiger partial charge in [0.2, 0.25) is 0 Å². The van der Waals surface area contributed by atoms with Gasteiger partial charge in [-0.1, -0.05) is 41.3 Å². The van der Waals surface area contributed by atoms with E-state index in [2.05, 4.69) is 4.98 Å². The van der Waals surface area contributed by atoms with Gasteiger partial charge in [0.05, 0.1) is 37.5 Å². The van der Waals surface area contributed by atoms with Crippen LogP contribution in [0.1, 0.15) is 27.2 Å². The Balaban J connectivity index is 1.87. The second-order valence-corrected chi connectivity index (χ2v) is 9.14. The lowest BCUT2D eigenvalue weighted by Crippen LogP contribution is -2.30. The SMILES string of the molecule is COc1ccc([C@@H]2c3sc(=O)[nH]c3S[C@H](c3ccc(OC)c(OC)c3)[C@H]2C(=O)O)cc1. The maximum Gasteiger partial charge on any atom is 0.308 e. The Morgan fingerprint density at radius 3 is 2.26 bits per heavy atom. The summed E-state index contributed by atoms with van der Waals surface area (Å²) in [6.45, 7) is 0. The van der Waals surface area contributed by atoms with Crippen LogP contribution in [0.25, 0.3) is 0 Å². The summed E-state index contributed by atoms with van der Waals surface area (Å²) >= 11 is 2.42. The average molecular weight is 460 g/mol. The summed E-state index contributed by atoms with van der Waals surface area (Å²) in [5, 5.41) is 10.5. The summed E-state index contributed by atoms with van der Waals surface area (Å²) in [5.41, 5.74) is 1.60. The van der Waals surface area contributed by atoms with Crippen LogP contribution in [0.2, 0.25) is 0 Å². The standard InChI is InChI=1S/C22H21NO6S2/c1-27-13-7-4-11(5-8-13)16-17(21(24)25)18(30-20-19(16)31-22(26)23-20)12-6-9-14(28-2)15(10-12)29-3/h4-10,16-18H,1-3H3,(H,23,26)(H,24,25)/t16-,17-,18+/m0/s1. The fourth-order valence-electron chi connectivity index (χ4n) is 3.90. The van der Waals surface area contributed by atoms with Crippen molar-refractivity contribution in [1.29, 1.82) is 0 Å². The summed E-state index contributed by atoms with van der Waals surface area (Å²) in [7, 11) is 4.67. The van der Waals surface area contributed by atoms with Gasteiger partial charge in [-0.25, -0.2) is 0 Å². The highest BCUT2D eigenvalue weighted by Crippen LogP contribution is 2.56. The number of benzene rings is 2. The minimum atomic E-state index is -0.931. The Hall–Kier alpha value is -2.91. The molecular weight excluding hydrogens is 438 g/mol. The van der Waals surface area contributed by atoms with Crippen LogP contribution in [0.3, 0.4) is 0 Å². The minimum absolute atomic E-state index is 0.201. The molecule has 3 atom stereocenters. The number of H-pyrrole nitrogens is 1. The van der Waals surface area contributed by atoms with Crippen LogP contribution in [-0.4, -0.2) is 37.4 Å². The fourth-order valence-corrected chi connectivity index (χ4v) is 6.50. The Labute approximate surface area is 187 Å². The van der Waals surface area contributed by atoms with Gasteiger partial charge in [0.15, 0.2) is 11.5 Å². The number of hydrogen-bond acceptors (Lipinski definition) is 7. The molecule has 7 nitrogen and oxygen atoms in total. The Morgan fingerprint density at radius 2 is 1.65 bits per heavy atom. The van der Waals surface area contributed by atoms with E-state index in [1.54, 1.807) is 45.6 Å². The molecule has 2 N–H and O–H groups in total. The molecule has 1 aromatic heterocycles. The smallest absolute Gasteiger partial charge is 0.308 e. The molecule has 0 amide bonds. The Morgan fingerprint density at radius 1 is 0.968 bits per heavy atom. The van der Waals surface area contributed by atoms with Crippen molar-refractivity contribution < 1.29 is 24.1 Å². The zero-order chi connectivity index (χ0) is 22.1. The third-order valence-corrected chi connectivity index (χ3v) is 7.82. The normalized spacial score (nSPS) is 20.0. The predicted molar refractivity (Wildman–Crippen MR) is 119 cm³/mol. The second-order valence-electron chi connectivity index (χ2n) is 6.98. The largest absolute Gasteiger partial charge is 0.497 e. The number of thioether (sulfide) groups is 1. The summed E-state index contributed by atoms with van der Waals surface area (Å²) in [6.07, 6.45) is 0. The van der Waals surface area contributed by atoms with E-state index in [-0.39, 0.29) is 4.87 Å². The number of ether oxygens (including phenoxy) is 3. The number of aromatic amines is 1. The number of thiazole rings is 1. The van der Waals surface area contributed by atoms with Gasteiger partial charge in [0.1, 0.15) is 5.75 Å². The van der Waals surface area contributed by atoms with E-state index in [1.165, 1.54) is 11.8 Å². The number of carboxylic acids is 1. The first kappa shape index (κ1) is 21.3. The van der Waals surface area contributed by atoms with Crippen molar-refractivity contribution in [3.8, 4) is 17.2 Å². The van der Waals surface area contributed by atoms with Crippen LogP contribution < -0.4 is 19.1 Å². The van der Waals surface area contributed by atoms with E-state index >= 15 is 0 Å². The molecule has 0 bridgehead atoms. The number of aliphatic carboxylic acids is 1. The third kappa shape index (κ3) is 3.90. The van der Waals surface area contributed by atoms with E-state index in [9.17, 15) is 14.7 Å². The van der Waals surface area contributed by atoms with E-state index in [4.69, 9.17) is 14.2 Å². The fraction of sp³-hybridized carbons (Fsp3) is 0.273. The molecule has 3 aromatic rings. The van der Waals surface area contributed by atoms with Crippen molar-refractivity contribution in [2.75, 3.05) is 21.3 Å². The van der Waals surface area contributed by atoms with Gasteiger partial charge in [0, 0.05) is 10.8 Å². The number of methoxy groups -OCH3 is 3. The number of fused-ring (bicyclic) bond motifs is 1. The number of hydrogen-bond donors (Lipinski definition) is 2. The first-order chi connectivity index (χ1) is 15.0. The first-order valence-corrected chi connectivity index (χ1v) is 11.1. The zero-order valence-electron chi connectivity index (χ0n) is 17.1. The zero-order valence-corrected chi connectivity index (χ0v) is 18.7. The lowest BCUT2D eigenvalue weighted by molar-refractivity contribution is -0.142. The summed E-state index contributed by atoms with van der Waals surface area (Å²) in [6, 6.07) is 12.7. The van der Waals surface area contributed by atoms with Crippen molar-refractivity contribution in [2.45, 2.75) is 16.2 Å². The van der Waals surface area contributed by atoms with Gasteiger partial charge in [0.25, 0.3) is 0 Å². The number of rotatable bonds is 6. The van der Waals surface area contributed by atoms with Gasteiger partial charge in [-0.3, -0.25) is 9.59 Å². The molecule has 4 rings (SSSR count). The lowest BCUT2D eigenvalue weighted by Gasteiger charge is -2.35. The van der Waals surface area contributed by atoms with Crippen LogP contribution in [0.4, 0.5) is 0 Å². The van der Waals surface area contributed by atoms with Gasteiger partial charge in [-0.05, 0) is 35.4 Å². The van der Waals surface area contributed by atoms with Crippen LogP contribution in [0.5, 0.6) is 17.2 Å². The van der Waals surface area contributed by atoms with E-state index in [1.807, 2.05) is 18.2 Å². The van der Waals surface area contributed by atoms with Crippen molar-refractivity contribution in [3.05, 3.63) is 68.1 Å². The number of aromatic nitrogens is 1. The lowest BCUT2D eigenvalue weighted by atomic mass is 9.80. The Kier molecular flexibility index (Phi) is 5.97. The van der Waals surface area contributed by atoms with Crippen molar-refractivity contribution >= 4 is 29.1 Å². The monoisotopic (exact) mass is 459 g/mol. The van der Waals surface area contributed by atoms with Crippen LogP contribution in [0.15, 0.2) is 52.3 Å². The highest BCUT2D eigenvalue weighted by atomic mass is 32.2. The van der Waals surface area contributed by atoms with E-state index in [0.29, 0.717) is 22.3 Å². The van der Waals surface area contributed by atoms with Gasteiger partial charge < -0.3 is 24.3 Å². The molecule has 0 saturated carbocycles. The molecule has 31 heavy (non-hydrogen) atoms. The molecule has 9 heteroatoms. The molecule has 0 radical (unpaired) electrons. The second kappa shape index (κ2) is 8.68. The molecule has 0 aliphatic carbocycles. The van der Waals surface area contributed by atoms with Crippen molar-refractivity contribution in [2.24, 2.45) is 5.92 Å². The molecular formula is C22H21NO6S2. The number of nitrogens with one attached hydrogen (secondary N) is 1. The summed E-state index contributed by atoms with van der Waals surface area (Å²) in [5.74, 6) is -0.443. The molecule has 1 aliphatic rings. The molecule has 0 saturated heterocycles. The quantitative estimate of drug-likeness (QED) is 0.572. The van der Waals surface area contributed by atoms with Crippen LogP contribution >= 0.6 is 23.1 Å². The average Bonchev–Trinajstić information content (AvgIpc) is 3.17. The molecule has 162 valence electrons. The van der Waals surface area contributed by atoms with Gasteiger partial charge in [-0.15, -0.1) is 0 Å². The summed E-state index contributed by atoms with van der Waals surface area (Å²) < 4.78 is 16.0. The van der Waals surface area contributed by atoms with Gasteiger partial charge >= 0.3 is 10.8 Å². The van der Waals surface area contributed by atoms with E-state index in [0.717, 1.165) is 27.3 Å². The Bertz CT molecular complexity index is 1150. The van der Waals surface area contributed by atoms with Crippen LogP contribution in [-0.2, 0) is 4.79 Å². The maximum atomic E-state index is 12.6. The van der Waals surface area contributed by atoms with Crippen LogP contribution in [0, 0.1) is 5.92 Å². The predicted octanol–water partition coefficient (Wildman–Crippen LogP) is 4.14. The molecule has 2 aromatic carbocycles. The molecule has 0 unspecified atom stereocenters. The minimum Gasteiger partial charge on any atom is -0.497 e. The van der Waals surface area contributed by atoms with Gasteiger partial charge in [-0.2, -0.15) is 0 Å². The molecule has 0 spiro atoms. The molecule has 2 heterocycles. The number of carbonyl (C=O) groups is 1. The highest BCUT2D eigenvalue weighted by Gasteiger charge is 2.45. The van der Waals surface area contributed by atoms with E-state index < -0.39 is 23.1 Å². The third-order valence-electron chi connectivity index (χ3n) is 5.35. The summed E-state index contributed by atoms with van der Waals surface area (Å²) in [4.78, 5) is 28.2. The van der Waals surface area contributed by atoms with Crippen molar-refractivity contribution in [1.82, 2.24) is 4.98 Å². The highest BCUT2D eigenvalue weighted by molar-refractivity contribution is 7.99. The first-order valence-electron chi connectivity index (χ1n) is 9.45. The molecule has 1 aliphatic heterocycles. The number of carboxylic acid groups (broad SMARTS) is 1. The topological polar surface area (TPSA) is 97.9 Å². The van der Waals surface area contributed by atoms with Crippen molar-refractivity contribution in [3.63, 3.8) is 0 Å².